The molecular weight excluding hydrogens is 292 g/mol. The minimum absolute atomic E-state index is 0.345. The fourth-order valence-electron chi connectivity index (χ4n) is 1.83. The van der Waals surface area contributed by atoms with E-state index in [-0.39, 0.29) is 5.91 Å². The number of hydrogen-bond donors (Lipinski definition) is 3. The number of guanidine groups is 1. The number of primary amides is 1. The second kappa shape index (κ2) is 9.02. The molecule has 0 atom stereocenters. The van der Waals surface area contributed by atoms with Crippen LogP contribution in [0.15, 0.2) is 29.3 Å². The van der Waals surface area contributed by atoms with Gasteiger partial charge in [-0.15, -0.1) is 0 Å². The molecule has 23 heavy (non-hydrogen) atoms. The molecule has 0 saturated heterocycles. The second-order valence-corrected chi connectivity index (χ2v) is 5.84. The first-order chi connectivity index (χ1) is 10.9. The lowest BCUT2D eigenvalue weighted by Crippen LogP contribution is -2.46. The van der Waals surface area contributed by atoms with Gasteiger partial charge in [0, 0.05) is 18.7 Å². The molecule has 0 aromatic heterocycles. The number of rotatable bonds is 8. The Morgan fingerprint density at radius 3 is 2.57 bits per heavy atom. The Balaban J connectivity index is 2.77. The standard InChI is InChI=1S/C17H28N4O2/c1-5-19-16(21-12-17(3,4)15(18)22)20-11-13-9-7-8-10-14(13)23-6-2/h7-10H,5-6,11-12H2,1-4H3,(H2,18,22)(H2,19,20,21). The van der Waals surface area contributed by atoms with Gasteiger partial charge in [0.25, 0.3) is 0 Å². The van der Waals surface area contributed by atoms with Crippen LogP contribution >= 0.6 is 0 Å². The lowest BCUT2D eigenvalue weighted by atomic mass is 9.93. The minimum atomic E-state index is -0.639. The number of nitrogens with zero attached hydrogens (tertiary/aromatic N) is 1. The molecule has 6 heteroatoms. The fourth-order valence-corrected chi connectivity index (χ4v) is 1.83. The van der Waals surface area contributed by atoms with Gasteiger partial charge in [-0.3, -0.25) is 4.79 Å². The maximum absolute atomic E-state index is 11.4. The van der Waals surface area contributed by atoms with E-state index in [4.69, 9.17) is 10.5 Å². The van der Waals surface area contributed by atoms with Crippen molar-refractivity contribution in [2.75, 3.05) is 19.7 Å². The molecule has 0 radical (unpaired) electrons. The molecule has 6 nitrogen and oxygen atoms in total. The van der Waals surface area contributed by atoms with Gasteiger partial charge in [0.15, 0.2) is 5.96 Å². The van der Waals surface area contributed by atoms with Crippen LogP contribution in [0.4, 0.5) is 0 Å². The number of ether oxygens (including phenoxy) is 1. The third-order valence-electron chi connectivity index (χ3n) is 3.39. The number of nitrogens with one attached hydrogen (secondary N) is 2. The summed E-state index contributed by atoms with van der Waals surface area (Å²) in [7, 11) is 0. The van der Waals surface area contributed by atoms with Gasteiger partial charge >= 0.3 is 0 Å². The highest BCUT2D eigenvalue weighted by Gasteiger charge is 2.24. The summed E-state index contributed by atoms with van der Waals surface area (Å²) < 4.78 is 5.60. The van der Waals surface area contributed by atoms with Crippen molar-refractivity contribution in [2.45, 2.75) is 34.2 Å². The number of carbonyl (C=O) groups excluding carboxylic acids is 1. The van der Waals surface area contributed by atoms with E-state index in [0.717, 1.165) is 17.9 Å². The average molecular weight is 320 g/mol. The molecule has 4 N–H and O–H groups in total. The minimum Gasteiger partial charge on any atom is -0.494 e. The van der Waals surface area contributed by atoms with Crippen molar-refractivity contribution < 1.29 is 9.53 Å². The zero-order valence-corrected chi connectivity index (χ0v) is 14.5. The summed E-state index contributed by atoms with van der Waals surface area (Å²) >= 11 is 0. The lowest BCUT2D eigenvalue weighted by molar-refractivity contribution is -0.125. The lowest BCUT2D eigenvalue weighted by Gasteiger charge is -2.22. The molecule has 0 aliphatic heterocycles. The maximum atomic E-state index is 11.4. The number of carbonyl (C=O) groups is 1. The topological polar surface area (TPSA) is 88.7 Å². The van der Waals surface area contributed by atoms with Crippen molar-refractivity contribution in [2.24, 2.45) is 16.1 Å². The number of aliphatic imine (C=N–C) groups is 1. The summed E-state index contributed by atoms with van der Waals surface area (Å²) in [4.78, 5) is 15.9. The number of hydrogen-bond acceptors (Lipinski definition) is 3. The first kappa shape index (κ1) is 18.8. The molecule has 0 aliphatic carbocycles. The number of benzene rings is 1. The van der Waals surface area contributed by atoms with E-state index in [1.807, 2.05) is 38.1 Å². The van der Waals surface area contributed by atoms with Crippen LogP contribution in [-0.4, -0.2) is 31.6 Å². The van der Waals surface area contributed by atoms with Crippen molar-refractivity contribution in [1.29, 1.82) is 0 Å². The molecule has 0 aliphatic rings. The van der Waals surface area contributed by atoms with Crippen molar-refractivity contribution >= 4 is 11.9 Å². The molecule has 1 rings (SSSR count). The Bertz CT molecular complexity index is 541. The molecule has 0 bridgehead atoms. The van der Waals surface area contributed by atoms with Crippen LogP contribution in [-0.2, 0) is 11.3 Å². The molecule has 1 amide bonds. The average Bonchev–Trinajstić information content (AvgIpc) is 2.51. The Kier molecular flexibility index (Phi) is 7.38. The van der Waals surface area contributed by atoms with Gasteiger partial charge in [-0.1, -0.05) is 18.2 Å². The molecule has 0 spiro atoms. The van der Waals surface area contributed by atoms with Crippen molar-refractivity contribution in [1.82, 2.24) is 10.6 Å². The van der Waals surface area contributed by atoms with Crippen molar-refractivity contribution in [3.05, 3.63) is 29.8 Å². The zero-order chi connectivity index (χ0) is 17.3. The molecule has 0 fully saturated rings. The highest BCUT2D eigenvalue weighted by atomic mass is 16.5. The quantitative estimate of drug-likeness (QED) is 0.502. The van der Waals surface area contributed by atoms with E-state index in [9.17, 15) is 4.79 Å². The summed E-state index contributed by atoms with van der Waals surface area (Å²) in [6, 6.07) is 7.83. The van der Waals surface area contributed by atoms with Gasteiger partial charge in [0.2, 0.25) is 5.91 Å². The number of nitrogens with two attached hydrogens (primary N) is 1. The van der Waals surface area contributed by atoms with E-state index in [0.29, 0.717) is 25.7 Å². The predicted octanol–water partition coefficient (Wildman–Crippen LogP) is 1.65. The van der Waals surface area contributed by atoms with Gasteiger partial charge in [-0.05, 0) is 33.8 Å². The van der Waals surface area contributed by atoms with Gasteiger partial charge in [0.1, 0.15) is 5.75 Å². The largest absolute Gasteiger partial charge is 0.494 e. The zero-order valence-electron chi connectivity index (χ0n) is 14.5. The first-order valence-corrected chi connectivity index (χ1v) is 7.93. The van der Waals surface area contributed by atoms with E-state index >= 15 is 0 Å². The predicted molar refractivity (Wildman–Crippen MR) is 93.4 cm³/mol. The van der Waals surface area contributed by atoms with Gasteiger partial charge in [0.05, 0.1) is 18.6 Å². The van der Waals surface area contributed by atoms with Crippen LogP contribution in [0.3, 0.4) is 0 Å². The Hall–Kier alpha value is -2.24. The summed E-state index contributed by atoms with van der Waals surface area (Å²) in [6.07, 6.45) is 0. The highest BCUT2D eigenvalue weighted by Crippen LogP contribution is 2.18. The summed E-state index contributed by atoms with van der Waals surface area (Å²) in [5.41, 5.74) is 5.77. The molecule has 0 unspecified atom stereocenters. The molecule has 1 aromatic rings. The van der Waals surface area contributed by atoms with Crippen molar-refractivity contribution in [3.8, 4) is 5.75 Å². The summed E-state index contributed by atoms with van der Waals surface area (Å²) in [5, 5.41) is 6.32. The van der Waals surface area contributed by atoms with E-state index in [2.05, 4.69) is 15.6 Å². The van der Waals surface area contributed by atoms with Crippen LogP contribution < -0.4 is 21.1 Å². The van der Waals surface area contributed by atoms with Crippen LogP contribution in [0.5, 0.6) is 5.75 Å². The third-order valence-corrected chi connectivity index (χ3v) is 3.39. The summed E-state index contributed by atoms with van der Waals surface area (Å²) in [5.74, 6) is 1.14. The van der Waals surface area contributed by atoms with Crippen LogP contribution in [0.25, 0.3) is 0 Å². The Morgan fingerprint density at radius 1 is 1.26 bits per heavy atom. The normalized spacial score (nSPS) is 11.9. The smallest absolute Gasteiger partial charge is 0.224 e. The fraction of sp³-hybridized carbons (Fsp3) is 0.529. The Morgan fingerprint density at radius 2 is 1.96 bits per heavy atom. The first-order valence-electron chi connectivity index (χ1n) is 7.93. The van der Waals surface area contributed by atoms with Crippen LogP contribution in [0.1, 0.15) is 33.3 Å². The van der Waals surface area contributed by atoms with Crippen LogP contribution in [0, 0.1) is 5.41 Å². The third kappa shape index (κ3) is 6.18. The highest BCUT2D eigenvalue weighted by molar-refractivity contribution is 5.83. The SMILES string of the molecule is CCNC(=NCc1ccccc1OCC)NCC(C)(C)C(N)=O. The molecule has 0 saturated carbocycles. The number of para-hydroxylation sites is 1. The summed E-state index contributed by atoms with van der Waals surface area (Å²) in [6.45, 7) is 9.81. The molecular formula is C17H28N4O2. The van der Waals surface area contributed by atoms with Gasteiger partial charge in [-0.25, -0.2) is 4.99 Å². The number of amides is 1. The van der Waals surface area contributed by atoms with E-state index in [1.54, 1.807) is 13.8 Å². The van der Waals surface area contributed by atoms with Crippen LogP contribution in [0.2, 0.25) is 0 Å². The Labute approximate surface area is 138 Å². The van der Waals surface area contributed by atoms with Crippen molar-refractivity contribution in [3.63, 3.8) is 0 Å². The molecule has 128 valence electrons. The monoisotopic (exact) mass is 320 g/mol. The van der Waals surface area contributed by atoms with E-state index < -0.39 is 5.41 Å². The second-order valence-electron chi connectivity index (χ2n) is 5.84. The van der Waals surface area contributed by atoms with Gasteiger partial charge < -0.3 is 21.1 Å². The molecule has 0 heterocycles. The van der Waals surface area contributed by atoms with Gasteiger partial charge in [-0.2, -0.15) is 0 Å². The van der Waals surface area contributed by atoms with E-state index in [1.165, 1.54) is 0 Å². The molecule has 1 aromatic carbocycles. The maximum Gasteiger partial charge on any atom is 0.224 e.